The molecule has 0 amide bonds. The minimum Gasteiger partial charge on any atom is -0.457 e. The molecule has 0 bridgehead atoms. The Morgan fingerprint density at radius 2 is 0.667 bits per heavy atom. The van der Waals surface area contributed by atoms with E-state index in [1.165, 1.54) is 24.3 Å². The van der Waals surface area contributed by atoms with Crippen molar-refractivity contribution in [2.24, 2.45) is 0 Å². The molecule has 0 spiro atoms. The number of fused-ring (bicyclic) bond motifs is 4. The predicted molar refractivity (Wildman–Crippen MR) is 275 cm³/mol. The summed E-state index contributed by atoms with van der Waals surface area (Å²) in [4.78, 5) is 52.3. The van der Waals surface area contributed by atoms with E-state index >= 15 is 0 Å². The molecule has 0 aliphatic carbocycles. The molecule has 2 aliphatic heterocycles. The molecule has 0 radical (unpaired) electrons. The van der Waals surface area contributed by atoms with Gasteiger partial charge in [-0.15, -0.1) is 0 Å². The molecular formula is C62H42O9S. The molecule has 10 heteroatoms. The Morgan fingerprint density at radius 3 is 1.01 bits per heavy atom. The number of allylic oxidation sites excluding steroid dienone is 2. The fourth-order valence-corrected chi connectivity index (χ4v) is 10.7. The first-order valence-corrected chi connectivity index (χ1v) is 23.6. The smallest absolute Gasteiger partial charge is 0.336 e. The molecule has 0 N–H and O–H groups in total. The van der Waals surface area contributed by atoms with E-state index in [-0.39, 0.29) is 0 Å². The number of ether oxygens (including phenoxy) is 5. The lowest BCUT2D eigenvalue weighted by molar-refractivity contribution is -0.130. The van der Waals surface area contributed by atoms with Gasteiger partial charge in [0.05, 0.1) is 10.8 Å². The van der Waals surface area contributed by atoms with Crippen LogP contribution in [0, 0.1) is 0 Å². The van der Waals surface area contributed by atoms with E-state index in [1.807, 2.05) is 121 Å². The molecule has 72 heavy (non-hydrogen) atoms. The van der Waals surface area contributed by atoms with E-state index in [0.29, 0.717) is 34.5 Å². The van der Waals surface area contributed by atoms with Gasteiger partial charge in [0.25, 0.3) is 0 Å². The maximum Gasteiger partial charge on any atom is 0.336 e. The first-order valence-electron chi connectivity index (χ1n) is 22.8. The summed E-state index contributed by atoms with van der Waals surface area (Å²) in [6.07, 6.45) is 7.49. The zero-order valence-electron chi connectivity index (χ0n) is 38.4. The third-order valence-electron chi connectivity index (χ3n) is 12.5. The molecule has 0 fully saturated rings. The largest absolute Gasteiger partial charge is 0.457 e. The van der Waals surface area contributed by atoms with E-state index in [4.69, 9.17) is 23.7 Å². The second-order valence-electron chi connectivity index (χ2n) is 16.6. The second kappa shape index (κ2) is 20.0. The third-order valence-corrected chi connectivity index (χ3v) is 13.7. The fourth-order valence-electron chi connectivity index (χ4n) is 9.54. The summed E-state index contributed by atoms with van der Waals surface area (Å²) in [5, 5.41) is 0. The van der Waals surface area contributed by atoms with Gasteiger partial charge in [-0.25, -0.2) is 19.2 Å². The van der Waals surface area contributed by atoms with Crippen molar-refractivity contribution in [2.45, 2.75) is 20.6 Å². The van der Waals surface area contributed by atoms with Gasteiger partial charge in [0.2, 0.25) is 0 Å². The molecule has 0 aromatic heterocycles. The first kappa shape index (κ1) is 46.5. The van der Waals surface area contributed by atoms with Crippen LogP contribution >= 0.6 is 11.8 Å². The summed E-state index contributed by atoms with van der Waals surface area (Å²) in [5.74, 6) is 0.382. The Kier molecular flexibility index (Phi) is 12.9. The van der Waals surface area contributed by atoms with Crippen molar-refractivity contribution in [1.29, 1.82) is 0 Å². The zero-order valence-corrected chi connectivity index (χ0v) is 39.3. The van der Waals surface area contributed by atoms with Crippen molar-refractivity contribution in [3.63, 3.8) is 0 Å². The Labute approximate surface area is 420 Å². The van der Waals surface area contributed by atoms with Crippen molar-refractivity contribution in [3.05, 3.63) is 288 Å². The number of esters is 4. The molecule has 350 valence electrons. The molecule has 0 saturated heterocycles. The van der Waals surface area contributed by atoms with Crippen LogP contribution in [0.2, 0.25) is 0 Å². The monoisotopic (exact) mass is 962 g/mol. The zero-order chi connectivity index (χ0) is 49.7. The van der Waals surface area contributed by atoms with Crippen molar-refractivity contribution < 1.29 is 42.9 Å². The highest BCUT2D eigenvalue weighted by Gasteiger charge is 2.46. The van der Waals surface area contributed by atoms with Gasteiger partial charge in [0.15, 0.2) is 0 Å². The van der Waals surface area contributed by atoms with Crippen molar-refractivity contribution in [2.75, 3.05) is 0 Å². The molecule has 2 heterocycles. The normalized spacial score (nSPS) is 13.5. The van der Waals surface area contributed by atoms with Crippen LogP contribution in [0.1, 0.15) is 44.5 Å². The summed E-state index contributed by atoms with van der Waals surface area (Å²) in [6, 6.07) is 61.7. The topological polar surface area (TPSA) is 114 Å². The predicted octanol–water partition coefficient (Wildman–Crippen LogP) is 12.8. The van der Waals surface area contributed by atoms with Crippen LogP contribution in [0.15, 0.2) is 254 Å². The number of carbonyl (C=O) groups excluding carboxylic acids is 4. The van der Waals surface area contributed by atoms with Gasteiger partial charge in [-0.3, -0.25) is 0 Å². The average Bonchev–Trinajstić information content (AvgIpc) is 3.41. The van der Waals surface area contributed by atoms with Crippen LogP contribution in [-0.2, 0) is 30.0 Å². The molecule has 2 aliphatic rings. The Morgan fingerprint density at radius 1 is 0.375 bits per heavy atom. The van der Waals surface area contributed by atoms with Crippen LogP contribution in [0.3, 0.4) is 0 Å². The van der Waals surface area contributed by atoms with Gasteiger partial charge < -0.3 is 23.7 Å². The maximum absolute atomic E-state index is 13.1. The molecule has 10 rings (SSSR count). The number of benzene rings is 8. The minimum atomic E-state index is -0.871. The van der Waals surface area contributed by atoms with Crippen LogP contribution in [0.4, 0.5) is 0 Å². The summed E-state index contributed by atoms with van der Waals surface area (Å²) in [5.41, 5.74) is 5.95. The van der Waals surface area contributed by atoms with Gasteiger partial charge in [-0.1, -0.05) is 158 Å². The van der Waals surface area contributed by atoms with E-state index in [9.17, 15) is 19.2 Å². The Balaban J connectivity index is 0.852. The van der Waals surface area contributed by atoms with Crippen molar-refractivity contribution in [1.82, 2.24) is 0 Å². The first-order chi connectivity index (χ1) is 35.2. The van der Waals surface area contributed by atoms with E-state index in [1.54, 1.807) is 60.3 Å². The highest BCUT2D eigenvalue weighted by Crippen LogP contribution is 2.57. The molecule has 8 aromatic carbocycles. The Bertz CT molecular complexity index is 3140. The molecule has 0 saturated carbocycles. The lowest BCUT2D eigenvalue weighted by atomic mass is 9.63. The van der Waals surface area contributed by atoms with E-state index in [0.717, 1.165) is 66.5 Å². The van der Waals surface area contributed by atoms with Crippen LogP contribution in [0.25, 0.3) is 0 Å². The highest BCUT2D eigenvalue weighted by molar-refractivity contribution is 7.99. The fraction of sp³-hybridized carbons (Fsp3) is 0.0323. The van der Waals surface area contributed by atoms with Gasteiger partial charge >= 0.3 is 23.9 Å². The average molecular weight is 963 g/mol. The third kappa shape index (κ3) is 8.72. The number of carbonyl (C=O) groups is 4. The van der Waals surface area contributed by atoms with Crippen LogP contribution < -0.4 is 23.7 Å². The van der Waals surface area contributed by atoms with E-state index in [2.05, 4.69) is 37.4 Å². The quantitative estimate of drug-likeness (QED) is 0.0479. The van der Waals surface area contributed by atoms with E-state index < -0.39 is 34.7 Å². The number of hydrogen-bond acceptors (Lipinski definition) is 10. The van der Waals surface area contributed by atoms with Crippen molar-refractivity contribution in [3.8, 4) is 34.5 Å². The van der Waals surface area contributed by atoms with Gasteiger partial charge in [-0.2, -0.15) is 0 Å². The van der Waals surface area contributed by atoms with Gasteiger partial charge in [0, 0.05) is 45.2 Å². The van der Waals surface area contributed by atoms with Gasteiger partial charge in [0.1, 0.15) is 34.5 Å². The summed E-state index contributed by atoms with van der Waals surface area (Å²) < 4.78 is 28.6. The molecule has 8 aromatic rings. The highest BCUT2D eigenvalue weighted by atomic mass is 32.2. The van der Waals surface area contributed by atoms with Crippen LogP contribution in [-0.4, -0.2) is 23.9 Å². The lowest BCUT2D eigenvalue weighted by Gasteiger charge is -2.41. The number of rotatable bonds is 13. The number of hydrogen-bond donors (Lipinski definition) is 0. The number of para-hydroxylation sites is 2. The standard InChI is InChI=1S/C62H42O9S/c1-3-57(63)67-45-33-25-41(26-34-45)61(49-15-5-9-19-53(49)71-54-20-10-6-16-50(54)61)42-27-37-47(38-28-42)69-59(65)23-13-14-24-60(66)70-48-39-31-44(32-40-48)62(43-29-35-46(36-30-43)68-58(64)4-2)51-17-7-11-21-55(51)72-56-22-12-8-18-52(56)62/h3-40H,1-2H2/b23-13+,24-14+. The maximum atomic E-state index is 13.1. The second-order valence-corrected chi connectivity index (χ2v) is 17.7. The van der Waals surface area contributed by atoms with Crippen LogP contribution in [0.5, 0.6) is 34.5 Å². The minimum absolute atomic E-state index is 0.308. The van der Waals surface area contributed by atoms with Gasteiger partial charge in [-0.05, 0) is 106 Å². The molecule has 0 unspecified atom stereocenters. The Hall–Kier alpha value is -9.25. The lowest BCUT2D eigenvalue weighted by Crippen LogP contribution is -2.34. The SMILES string of the molecule is C=CC(=O)Oc1ccc(C2(c3ccc(OC(=O)/C=C/C=C/C(=O)Oc4ccc(C5(c6ccc(OC(=O)C=C)cc6)c6ccccc6Sc6ccccc65)cc4)cc3)c3ccccc3Oc3ccccc32)cc1. The molecule has 9 nitrogen and oxygen atoms in total. The molecular weight excluding hydrogens is 921 g/mol. The summed E-state index contributed by atoms with van der Waals surface area (Å²) in [7, 11) is 0. The molecule has 0 atom stereocenters. The van der Waals surface area contributed by atoms with Crippen molar-refractivity contribution >= 4 is 35.6 Å². The summed E-state index contributed by atoms with van der Waals surface area (Å²) >= 11 is 1.71. The summed E-state index contributed by atoms with van der Waals surface area (Å²) in [6.45, 7) is 7.00.